The number of halogens is 2. The molecule has 0 unspecified atom stereocenters. The minimum Gasteiger partial charge on any atom is -0.322 e. The smallest absolute Gasteiger partial charge is 0.257 e. The molecule has 3 rings (SSSR count). The van der Waals surface area contributed by atoms with E-state index in [4.69, 9.17) is 23.2 Å². The Morgan fingerprint density at radius 2 is 1.60 bits per heavy atom. The SMILES string of the molecule is O=C(Nc1ccccc1)c1ccc(=O)n(Cc2c(Cl)cccc2Cl)c1. The molecule has 0 saturated carbocycles. The van der Waals surface area contributed by atoms with Gasteiger partial charge in [0.15, 0.2) is 0 Å². The Bertz CT molecular complexity index is 948. The van der Waals surface area contributed by atoms with Gasteiger partial charge in [0, 0.05) is 33.6 Å². The molecule has 1 aromatic heterocycles. The van der Waals surface area contributed by atoms with E-state index in [0.29, 0.717) is 26.9 Å². The van der Waals surface area contributed by atoms with Crippen LogP contribution in [-0.2, 0) is 6.54 Å². The van der Waals surface area contributed by atoms with E-state index in [2.05, 4.69) is 5.32 Å². The average molecular weight is 373 g/mol. The first-order chi connectivity index (χ1) is 12.0. The van der Waals surface area contributed by atoms with Crippen LogP contribution in [0.5, 0.6) is 0 Å². The van der Waals surface area contributed by atoms with Crippen LogP contribution in [0.1, 0.15) is 15.9 Å². The summed E-state index contributed by atoms with van der Waals surface area (Å²) in [6, 6.07) is 17.1. The largest absolute Gasteiger partial charge is 0.322 e. The van der Waals surface area contributed by atoms with Crippen LogP contribution in [0.3, 0.4) is 0 Å². The van der Waals surface area contributed by atoms with E-state index in [1.165, 1.54) is 22.9 Å². The molecule has 3 aromatic rings. The summed E-state index contributed by atoms with van der Waals surface area (Å²) in [7, 11) is 0. The standard InChI is InChI=1S/C19H14Cl2N2O2/c20-16-7-4-8-17(21)15(16)12-23-11-13(9-10-18(23)24)19(25)22-14-5-2-1-3-6-14/h1-11H,12H2,(H,22,25). The van der Waals surface area contributed by atoms with Crippen LogP contribution in [0.15, 0.2) is 71.7 Å². The number of pyridine rings is 1. The van der Waals surface area contributed by atoms with Crippen molar-refractivity contribution in [3.63, 3.8) is 0 Å². The van der Waals surface area contributed by atoms with Gasteiger partial charge in [0.25, 0.3) is 11.5 Å². The molecule has 0 aliphatic carbocycles. The van der Waals surface area contributed by atoms with Crippen molar-refractivity contribution in [2.24, 2.45) is 0 Å². The van der Waals surface area contributed by atoms with Gasteiger partial charge in [-0.15, -0.1) is 0 Å². The fraction of sp³-hybridized carbons (Fsp3) is 0.0526. The van der Waals surface area contributed by atoms with Gasteiger partial charge in [-0.1, -0.05) is 47.5 Å². The number of para-hydroxylation sites is 1. The van der Waals surface area contributed by atoms with Crippen molar-refractivity contribution in [1.82, 2.24) is 4.57 Å². The van der Waals surface area contributed by atoms with E-state index < -0.39 is 0 Å². The van der Waals surface area contributed by atoms with E-state index in [1.807, 2.05) is 18.2 Å². The molecule has 0 fully saturated rings. The van der Waals surface area contributed by atoms with Crippen molar-refractivity contribution < 1.29 is 4.79 Å². The number of hydrogen-bond acceptors (Lipinski definition) is 2. The molecule has 126 valence electrons. The Morgan fingerprint density at radius 1 is 0.920 bits per heavy atom. The zero-order chi connectivity index (χ0) is 17.8. The van der Waals surface area contributed by atoms with Gasteiger partial charge in [-0.25, -0.2) is 0 Å². The molecule has 25 heavy (non-hydrogen) atoms. The fourth-order valence-electron chi connectivity index (χ4n) is 2.37. The number of nitrogens with one attached hydrogen (secondary N) is 1. The van der Waals surface area contributed by atoms with Crippen molar-refractivity contribution in [2.75, 3.05) is 5.32 Å². The lowest BCUT2D eigenvalue weighted by Gasteiger charge is -2.11. The maximum absolute atomic E-state index is 12.4. The second-order valence-electron chi connectivity index (χ2n) is 5.40. The highest BCUT2D eigenvalue weighted by Gasteiger charge is 2.11. The van der Waals surface area contributed by atoms with Crippen LogP contribution in [0.4, 0.5) is 5.69 Å². The van der Waals surface area contributed by atoms with Crippen LogP contribution < -0.4 is 10.9 Å². The van der Waals surface area contributed by atoms with Crippen molar-refractivity contribution >= 4 is 34.8 Å². The maximum atomic E-state index is 12.4. The van der Waals surface area contributed by atoms with Crippen molar-refractivity contribution in [3.8, 4) is 0 Å². The first kappa shape index (κ1) is 17.3. The number of anilines is 1. The van der Waals surface area contributed by atoms with E-state index in [-0.39, 0.29) is 18.0 Å². The minimum absolute atomic E-state index is 0.184. The van der Waals surface area contributed by atoms with Crippen molar-refractivity contribution in [3.05, 3.63) is 98.4 Å². The third-order valence-electron chi connectivity index (χ3n) is 3.67. The number of nitrogens with zero attached hydrogens (tertiary/aromatic N) is 1. The maximum Gasteiger partial charge on any atom is 0.257 e. The lowest BCUT2D eigenvalue weighted by Crippen LogP contribution is -2.22. The lowest BCUT2D eigenvalue weighted by molar-refractivity contribution is 0.102. The van der Waals surface area contributed by atoms with Gasteiger partial charge < -0.3 is 9.88 Å². The molecule has 0 atom stereocenters. The van der Waals surface area contributed by atoms with E-state index >= 15 is 0 Å². The van der Waals surface area contributed by atoms with Gasteiger partial charge in [0.2, 0.25) is 0 Å². The molecule has 1 heterocycles. The van der Waals surface area contributed by atoms with Crippen LogP contribution in [0.25, 0.3) is 0 Å². The molecule has 2 aromatic carbocycles. The topological polar surface area (TPSA) is 51.1 Å². The van der Waals surface area contributed by atoms with Gasteiger partial charge in [-0.2, -0.15) is 0 Å². The molecule has 0 spiro atoms. The highest BCUT2D eigenvalue weighted by Crippen LogP contribution is 2.24. The molecular weight excluding hydrogens is 359 g/mol. The Kier molecular flexibility index (Phi) is 5.22. The number of aromatic nitrogens is 1. The molecule has 1 N–H and O–H groups in total. The normalized spacial score (nSPS) is 10.5. The summed E-state index contributed by atoms with van der Waals surface area (Å²) in [4.78, 5) is 24.5. The highest BCUT2D eigenvalue weighted by atomic mass is 35.5. The number of hydrogen-bond donors (Lipinski definition) is 1. The number of amides is 1. The van der Waals surface area contributed by atoms with Crippen LogP contribution in [-0.4, -0.2) is 10.5 Å². The van der Waals surface area contributed by atoms with Gasteiger partial charge in [0.1, 0.15) is 0 Å². The minimum atomic E-state index is -0.301. The molecule has 0 aliphatic heterocycles. The number of benzene rings is 2. The molecule has 6 heteroatoms. The molecule has 1 amide bonds. The Hall–Kier alpha value is -2.56. The molecule has 4 nitrogen and oxygen atoms in total. The van der Waals surface area contributed by atoms with Crippen LogP contribution in [0.2, 0.25) is 10.0 Å². The van der Waals surface area contributed by atoms with Gasteiger partial charge in [-0.3, -0.25) is 9.59 Å². The second-order valence-corrected chi connectivity index (χ2v) is 6.22. The quantitative estimate of drug-likeness (QED) is 0.734. The van der Waals surface area contributed by atoms with E-state index in [1.54, 1.807) is 30.3 Å². The van der Waals surface area contributed by atoms with Crippen molar-refractivity contribution in [1.29, 1.82) is 0 Å². The summed E-state index contributed by atoms with van der Waals surface area (Å²) in [6.45, 7) is 0.184. The van der Waals surface area contributed by atoms with Crippen molar-refractivity contribution in [2.45, 2.75) is 6.54 Å². The zero-order valence-electron chi connectivity index (χ0n) is 13.1. The summed E-state index contributed by atoms with van der Waals surface area (Å²) in [5.74, 6) is -0.301. The van der Waals surface area contributed by atoms with Crippen LogP contribution in [0, 0.1) is 0 Å². The molecular formula is C19H14Cl2N2O2. The second kappa shape index (κ2) is 7.55. The summed E-state index contributed by atoms with van der Waals surface area (Å²) >= 11 is 12.3. The molecule has 0 bridgehead atoms. The van der Waals surface area contributed by atoms with Gasteiger partial charge in [0.05, 0.1) is 12.1 Å². The summed E-state index contributed by atoms with van der Waals surface area (Å²) < 4.78 is 1.41. The summed E-state index contributed by atoms with van der Waals surface area (Å²) in [6.07, 6.45) is 1.50. The summed E-state index contributed by atoms with van der Waals surface area (Å²) in [5.41, 5.74) is 1.44. The first-order valence-corrected chi connectivity index (χ1v) is 8.30. The lowest BCUT2D eigenvalue weighted by atomic mass is 10.2. The third kappa shape index (κ3) is 4.10. The summed E-state index contributed by atoms with van der Waals surface area (Å²) in [5, 5.41) is 3.73. The van der Waals surface area contributed by atoms with Gasteiger partial charge in [-0.05, 0) is 30.3 Å². The number of carbonyl (C=O) groups is 1. The highest BCUT2D eigenvalue weighted by molar-refractivity contribution is 6.35. The number of carbonyl (C=O) groups excluding carboxylic acids is 1. The Labute approximate surface area is 154 Å². The Morgan fingerprint density at radius 3 is 2.28 bits per heavy atom. The fourth-order valence-corrected chi connectivity index (χ4v) is 2.88. The Balaban J connectivity index is 1.88. The molecule has 0 saturated heterocycles. The van der Waals surface area contributed by atoms with E-state index in [0.717, 1.165) is 0 Å². The predicted octanol–water partition coefficient (Wildman–Crippen LogP) is 4.46. The third-order valence-corrected chi connectivity index (χ3v) is 4.38. The monoisotopic (exact) mass is 372 g/mol. The average Bonchev–Trinajstić information content (AvgIpc) is 2.60. The molecule has 0 radical (unpaired) electrons. The first-order valence-electron chi connectivity index (χ1n) is 7.54. The predicted molar refractivity (Wildman–Crippen MR) is 101 cm³/mol. The zero-order valence-corrected chi connectivity index (χ0v) is 14.6. The number of rotatable bonds is 4. The van der Waals surface area contributed by atoms with Gasteiger partial charge >= 0.3 is 0 Å². The molecule has 0 aliphatic rings. The van der Waals surface area contributed by atoms with Crippen LogP contribution >= 0.6 is 23.2 Å². The van der Waals surface area contributed by atoms with E-state index in [9.17, 15) is 9.59 Å².